The second-order valence-electron chi connectivity index (χ2n) is 6.30. The largest absolute Gasteiger partial charge is 0.238 e. The summed E-state index contributed by atoms with van der Waals surface area (Å²) in [5.74, 6) is 0.697. The summed E-state index contributed by atoms with van der Waals surface area (Å²) >= 11 is 0. The van der Waals surface area contributed by atoms with Crippen molar-refractivity contribution in [3.05, 3.63) is 28.8 Å². The number of hydrogen-bond donors (Lipinski definition) is 1. The fourth-order valence-corrected chi connectivity index (χ4v) is 3.28. The molecule has 1 rings (SSSR count). The second-order valence-corrected chi connectivity index (χ2v) is 7.83. The monoisotopic (exact) mass is 308 g/mol. The third-order valence-electron chi connectivity index (χ3n) is 3.22. The van der Waals surface area contributed by atoms with Gasteiger partial charge >= 0.3 is 0 Å². The fourth-order valence-electron chi connectivity index (χ4n) is 2.46. The zero-order chi connectivity index (χ0) is 16.2. The number of nitrogens with two attached hydrogens (primary N) is 1. The van der Waals surface area contributed by atoms with E-state index in [-0.39, 0.29) is 11.3 Å². The van der Waals surface area contributed by atoms with Crippen LogP contribution in [0.5, 0.6) is 0 Å². The third-order valence-corrected chi connectivity index (χ3v) is 4.21. The predicted octanol–water partition coefficient (Wildman–Crippen LogP) is 2.80. The van der Waals surface area contributed by atoms with E-state index in [4.69, 9.17) is 10.4 Å². The van der Waals surface area contributed by atoms with E-state index in [0.717, 1.165) is 17.5 Å². The summed E-state index contributed by atoms with van der Waals surface area (Å²) in [6, 6.07) is 5.67. The zero-order valence-electron chi connectivity index (χ0n) is 13.2. The number of hydrogen-bond acceptors (Lipinski definition) is 3. The first kappa shape index (κ1) is 17.7. The van der Waals surface area contributed by atoms with Gasteiger partial charge in [0.2, 0.25) is 10.0 Å². The lowest BCUT2D eigenvalue weighted by Gasteiger charge is -2.16. The van der Waals surface area contributed by atoms with Crippen molar-refractivity contribution in [3.8, 4) is 6.07 Å². The lowest BCUT2D eigenvalue weighted by Crippen LogP contribution is -2.17. The quantitative estimate of drug-likeness (QED) is 0.877. The van der Waals surface area contributed by atoms with Gasteiger partial charge in [-0.05, 0) is 47.4 Å². The summed E-state index contributed by atoms with van der Waals surface area (Å²) < 4.78 is 23.7. The van der Waals surface area contributed by atoms with Gasteiger partial charge in [-0.1, -0.05) is 33.8 Å². The van der Waals surface area contributed by atoms with Crippen LogP contribution in [0.2, 0.25) is 0 Å². The minimum absolute atomic E-state index is 0.202. The van der Waals surface area contributed by atoms with Gasteiger partial charge in [-0.3, -0.25) is 0 Å². The minimum atomic E-state index is -3.75. The molecule has 0 bridgehead atoms. The lowest BCUT2D eigenvalue weighted by atomic mass is 9.92. The van der Waals surface area contributed by atoms with Gasteiger partial charge in [0.05, 0.1) is 17.4 Å². The van der Waals surface area contributed by atoms with Crippen LogP contribution < -0.4 is 5.14 Å². The smallest absolute Gasteiger partial charge is 0.225 e. The summed E-state index contributed by atoms with van der Waals surface area (Å²) in [4.78, 5) is 0.202. The van der Waals surface area contributed by atoms with E-state index in [0.29, 0.717) is 23.8 Å². The maximum absolute atomic E-state index is 11.9. The van der Waals surface area contributed by atoms with Crippen LogP contribution in [-0.4, -0.2) is 8.42 Å². The minimum Gasteiger partial charge on any atom is -0.225 e. The molecule has 1 aromatic rings. The first-order valence-electron chi connectivity index (χ1n) is 7.19. The summed E-state index contributed by atoms with van der Waals surface area (Å²) in [6.45, 7) is 8.18. The van der Waals surface area contributed by atoms with Crippen LogP contribution in [0.15, 0.2) is 17.0 Å². The van der Waals surface area contributed by atoms with E-state index in [1.54, 1.807) is 6.07 Å². The highest BCUT2D eigenvalue weighted by atomic mass is 32.2. The molecule has 21 heavy (non-hydrogen) atoms. The number of rotatable bonds is 6. The molecule has 0 aliphatic heterocycles. The summed E-state index contributed by atoms with van der Waals surface area (Å²) in [5, 5.41) is 14.4. The van der Waals surface area contributed by atoms with E-state index in [1.807, 2.05) is 19.9 Å². The molecule has 116 valence electrons. The van der Waals surface area contributed by atoms with Gasteiger partial charge in [-0.25, -0.2) is 13.6 Å². The molecule has 0 saturated carbocycles. The van der Waals surface area contributed by atoms with E-state index in [1.165, 1.54) is 0 Å². The van der Waals surface area contributed by atoms with Crippen molar-refractivity contribution in [3.63, 3.8) is 0 Å². The Morgan fingerprint density at radius 2 is 1.57 bits per heavy atom. The Labute approximate surface area is 128 Å². The standard InChI is InChI=1S/C16H24N2O2S/c1-11(2)7-14-10-16(21(18,19)20)15(8-12(3)4)9-13(14)5-6-17/h9-12H,5,7-8H2,1-4H3,(H2,18,19,20). The van der Waals surface area contributed by atoms with Crippen molar-refractivity contribution in [2.75, 3.05) is 0 Å². The van der Waals surface area contributed by atoms with Crippen LogP contribution in [0.3, 0.4) is 0 Å². The highest BCUT2D eigenvalue weighted by molar-refractivity contribution is 7.89. The number of nitrogens with zero attached hydrogens (tertiary/aromatic N) is 1. The normalized spacial score (nSPS) is 11.9. The maximum atomic E-state index is 11.9. The van der Waals surface area contributed by atoms with Gasteiger partial charge in [-0.2, -0.15) is 5.26 Å². The molecule has 0 aliphatic rings. The van der Waals surface area contributed by atoms with Gasteiger partial charge in [0.15, 0.2) is 0 Å². The molecule has 0 heterocycles. The molecule has 0 aromatic heterocycles. The second kappa shape index (κ2) is 7.06. The lowest BCUT2D eigenvalue weighted by molar-refractivity contribution is 0.590. The van der Waals surface area contributed by atoms with Crippen molar-refractivity contribution >= 4 is 10.0 Å². The molecule has 5 heteroatoms. The highest BCUT2D eigenvalue weighted by Gasteiger charge is 2.19. The molecule has 1 aromatic carbocycles. The summed E-state index contributed by atoms with van der Waals surface area (Å²) in [7, 11) is -3.75. The van der Waals surface area contributed by atoms with E-state index in [9.17, 15) is 8.42 Å². The molecule has 0 aliphatic carbocycles. The first-order valence-corrected chi connectivity index (χ1v) is 8.74. The Morgan fingerprint density at radius 3 is 2.00 bits per heavy atom. The van der Waals surface area contributed by atoms with Gasteiger partial charge in [0.25, 0.3) is 0 Å². The molecule has 4 nitrogen and oxygen atoms in total. The molecule has 0 fully saturated rings. The van der Waals surface area contributed by atoms with Crippen LogP contribution in [0.25, 0.3) is 0 Å². The van der Waals surface area contributed by atoms with Crippen LogP contribution in [0.4, 0.5) is 0 Å². The molecule has 0 radical (unpaired) electrons. The van der Waals surface area contributed by atoms with Gasteiger partial charge in [-0.15, -0.1) is 0 Å². The Kier molecular flexibility index (Phi) is 5.94. The van der Waals surface area contributed by atoms with Crippen molar-refractivity contribution in [1.29, 1.82) is 5.26 Å². The number of primary sulfonamides is 1. The van der Waals surface area contributed by atoms with Crippen molar-refractivity contribution in [1.82, 2.24) is 0 Å². The Balaban J connectivity index is 3.50. The highest BCUT2D eigenvalue weighted by Crippen LogP contribution is 2.25. The topological polar surface area (TPSA) is 84.0 Å². The molecule has 0 atom stereocenters. The van der Waals surface area contributed by atoms with Gasteiger partial charge < -0.3 is 0 Å². The van der Waals surface area contributed by atoms with Crippen LogP contribution in [-0.2, 0) is 29.3 Å². The zero-order valence-corrected chi connectivity index (χ0v) is 14.0. The average molecular weight is 308 g/mol. The summed E-state index contributed by atoms with van der Waals surface area (Å²) in [6.07, 6.45) is 1.66. The van der Waals surface area contributed by atoms with Crippen LogP contribution in [0.1, 0.15) is 44.4 Å². The molecule has 0 amide bonds. The van der Waals surface area contributed by atoms with Gasteiger partial charge in [0.1, 0.15) is 0 Å². The van der Waals surface area contributed by atoms with Crippen molar-refractivity contribution in [2.45, 2.75) is 51.9 Å². The van der Waals surface area contributed by atoms with Crippen molar-refractivity contribution in [2.24, 2.45) is 17.0 Å². The van der Waals surface area contributed by atoms with E-state index in [2.05, 4.69) is 19.9 Å². The molecule has 0 saturated heterocycles. The molecular weight excluding hydrogens is 284 g/mol. The Bertz CT molecular complexity index is 641. The number of benzene rings is 1. The van der Waals surface area contributed by atoms with E-state index < -0.39 is 10.0 Å². The van der Waals surface area contributed by atoms with E-state index >= 15 is 0 Å². The maximum Gasteiger partial charge on any atom is 0.238 e. The molecule has 2 N–H and O–H groups in total. The molecule has 0 spiro atoms. The van der Waals surface area contributed by atoms with Crippen LogP contribution in [0, 0.1) is 23.2 Å². The molecule has 0 unspecified atom stereocenters. The average Bonchev–Trinajstić information content (AvgIpc) is 2.29. The Hall–Kier alpha value is -1.38. The van der Waals surface area contributed by atoms with Crippen LogP contribution >= 0.6 is 0 Å². The first-order chi connectivity index (χ1) is 9.65. The molecular formula is C16H24N2O2S. The van der Waals surface area contributed by atoms with Gasteiger partial charge in [0, 0.05) is 0 Å². The Morgan fingerprint density at radius 1 is 1.05 bits per heavy atom. The number of sulfonamides is 1. The fraction of sp³-hybridized carbons (Fsp3) is 0.562. The number of nitriles is 1. The predicted molar refractivity (Wildman–Crippen MR) is 84.2 cm³/mol. The third kappa shape index (κ3) is 5.14. The summed E-state index contributed by atoms with van der Waals surface area (Å²) in [5.41, 5.74) is 2.53. The SMILES string of the molecule is CC(C)Cc1cc(S(N)(=O)=O)c(CC(C)C)cc1CC#N. The van der Waals surface area contributed by atoms with Crippen molar-refractivity contribution < 1.29 is 8.42 Å².